The Morgan fingerprint density at radius 1 is 1.25 bits per heavy atom. The number of hydrogen-bond acceptors (Lipinski definition) is 4. The summed E-state index contributed by atoms with van der Waals surface area (Å²) in [6, 6.07) is 0. The Balaban J connectivity index is -0.0000000529. The van der Waals surface area contributed by atoms with Crippen molar-refractivity contribution in [2.24, 2.45) is 5.73 Å². The lowest BCUT2D eigenvalue weighted by atomic mass is 10.1. The summed E-state index contributed by atoms with van der Waals surface area (Å²) in [6.07, 6.45) is 4.63. The van der Waals surface area contributed by atoms with Crippen LogP contribution in [-0.4, -0.2) is 29.3 Å². The summed E-state index contributed by atoms with van der Waals surface area (Å²) in [5, 5.41) is 8.52. The van der Waals surface area contributed by atoms with E-state index in [4.69, 9.17) is 10.8 Å². The predicted octanol–water partition coefficient (Wildman–Crippen LogP) is 4.15. The first-order valence-electron chi connectivity index (χ1n) is 7.40. The van der Waals surface area contributed by atoms with Crippen LogP contribution in [0.5, 0.6) is 0 Å². The van der Waals surface area contributed by atoms with E-state index < -0.39 is 5.60 Å². The molecule has 0 aliphatic carbocycles. The van der Waals surface area contributed by atoms with Crippen LogP contribution in [0.25, 0.3) is 0 Å². The van der Waals surface area contributed by atoms with Crippen LogP contribution in [0.3, 0.4) is 0 Å². The van der Waals surface area contributed by atoms with E-state index in [2.05, 4.69) is 24.5 Å². The zero-order valence-electron chi connectivity index (χ0n) is 16.6. The monoisotopic (exact) mass is 461 g/mol. The van der Waals surface area contributed by atoms with E-state index in [9.17, 15) is 4.79 Å². The molecule has 0 aliphatic heterocycles. The standard InChI is InChI=1S/C9H16O2.C4H10O.C3H7N.C2H4.HI.H2O/c1-4-6-8(7-5-2)9(10)11-3;1-4(2,3)5;1-3(2)4;1-2;;/h6H,4-5,7H2,1-3H3;5H,1-3H3;1,4H2,2H3;1-2H2;1H;1H2/b8-6+;;;;;. The average Bonchev–Trinajstić information content (AvgIpc) is 2.37. The molecule has 0 bridgehead atoms. The SMILES string of the molecule is C=C.C=C(C)N.CC(C)(C)O.CC/C=C(\CCC)C(=O)OC.I.O. The van der Waals surface area contributed by atoms with E-state index >= 15 is 0 Å². The van der Waals surface area contributed by atoms with Gasteiger partial charge in [-0.25, -0.2) is 4.79 Å². The third kappa shape index (κ3) is 69.1. The molecule has 0 saturated carbocycles. The van der Waals surface area contributed by atoms with Gasteiger partial charge in [0, 0.05) is 5.57 Å². The third-order valence-corrected chi connectivity index (χ3v) is 1.42. The second kappa shape index (κ2) is 27.0. The smallest absolute Gasteiger partial charge is 0.333 e. The van der Waals surface area contributed by atoms with Gasteiger partial charge in [-0.05, 0) is 46.2 Å². The summed E-state index contributed by atoms with van der Waals surface area (Å²) < 4.78 is 4.61. The molecule has 0 radical (unpaired) electrons. The largest absolute Gasteiger partial charge is 0.466 e. The molecular formula is C18H40INO4. The molecule has 0 atom stereocenters. The van der Waals surface area contributed by atoms with Crippen LogP contribution in [0.2, 0.25) is 0 Å². The topological polar surface area (TPSA) is 104 Å². The van der Waals surface area contributed by atoms with Gasteiger partial charge in [-0.15, -0.1) is 37.1 Å². The molecule has 0 unspecified atom stereocenters. The minimum atomic E-state index is -0.500. The molecule has 0 spiro atoms. The maximum atomic E-state index is 11.0. The first kappa shape index (κ1) is 38.6. The number of allylic oxidation sites excluding steroid dienone is 2. The number of aliphatic hydroxyl groups is 1. The van der Waals surface area contributed by atoms with Gasteiger partial charge in [0.05, 0.1) is 12.7 Å². The summed E-state index contributed by atoms with van der Waals surface area (Å²) in [6.45, 7) is 20.4. The Hall–Kier alpha value is -0.860. The molecule has 0 heterocycles. The number of esters is 1. The van der Waals surface area contributed by atoms with E-state index in [-0.39, 0.29) is 35.4 Å². The quantitative estimate of drug-likeness (QED) is 0.284. The Kier molecular flexibility index (Phi) is 43.4. The molecule has 0 saturated heterocycles. The summed E-state index contributed by atoms with van der Waals surface area (Å²) >= 11 is 0. The molecule has 0 fully saturated rings. The number of carbonyl (C=O) groups is 1. The maximum Gasteiger partial charge on any atom is 0.333 e. The van der Waals surface area contributed by atoms with Crippen LogP contribution >= 0.6 is 24.0 Å². The number of methoxy groups -OCH3 is 1. The van der Waals surface area contributed by atoms with Crippen LogP contribution in [0.15, 0.2) is 37.1 Å². The van der Waals surface area contributed by atoms with Gasteiger partial charge < -0.3 is 21.1 Å². The van der Waals surface area contributed by atoms with Gasteiger partial charge >= 0.3 is 5.97 Å². The van der Waals surface area contributed by atoms with Crippen molar-refractivity contribution < 1.29 is 20.1 Å². The van der Waals surface area contributed by atoms with Crippen molar-refractivity contribution in [3.05, 3.63) is 37.1 Å². The zero-order valence-corrected chi connectivity index (χ0v) is 18.9. The Labute approximate surface area is 166 Å². The van der Waals surface area contributed by atoms with Crippen LogP contribution in [-0.2, 0) is 9.53 Å². The molecule has 0 aromatic rings. The fourth-order valence-electron chi connectivity index (χ4n) is 0.934. The number of hydrogen-bond donors (Lipinski definition) is 2. The van der Waals surface area contributed by atoms with Crippen LogP contribution < -0.4 is 5.73 Å². The highest BCUT2D eigenvalue weighted by Crippen LogP contribution is 2.07. The van der Waals surface area contributed by atoms with Gasteiger partial charge in [0.15, 0.2) is 0 Å². The van der Waals surface area contributed by atoms with Crippen molar-refractivity contribution in [2.45, 2.75) is 66.4 Å². The van der Waals surface area contributed by atoms with Crippen molar-refractivity contribution in [3.63, 3.8) is 0 Å². The molecule has 0 rings (SSSR count). The van der Waals surface area contributed by atoms with Crippen molar-refractivity contribution >= 4 is 29.9 Å². The fraction of sp³-hybridized carbons (Fsp3) is 0.611. The van der Waals surface area contributed by atoms with Crippen LogP contribution in [0.4, 0.5) is 0 Å². The van der Waals surface area contributed by atoms with Gasteiger partial charge in [0.2, 0.25) is 0 Å². The zero-order chi connectivity index (χ0) is 18.8. The molecule has 5 nitrogen and oxygen atoms in total. The average molecular weight is 461 g/mol. The van der Waals surface area contributed by atoms with Gasteiger partial charge in [-0.1, -0.05) is 32.9 Å². The molecule has 148 valence electrons. The molecule has 0 aromatic heterocycles. The highest BCUT2D eigenvalue weighted by atomic mass is 127. The molecular weight excluding hydrogens is 421 g/mol. The normalized spacial score (nSPS) is 8.92. The van der Waals surface area contributed by atoms with E-state index in [1.54, 1.807) is 27.7 Å². The maximum absolute atomic E-state index is 11.0. The molecule has 24 heavy (non-hydrogen) atoms. The number of carbonyl (C=O) groups excluding carboxylic acids is 1. The summed E-state index contributed by atoms with van der Waals surface area (Å²) in [7, 11) is 1.42. The van der Waals surface area contributed by atoms with Gasteiger partial charge in [-0.2, -0.15) is 0 Å². The summed E-state index contributed by atoms with van der Waals surface area (Å²) in [4.78, 5) is 11.0. The van der Waals surface area contributed by atoms with E-state index in [1.807, 2.05) is 19.9 Å². The highest BCUT2D eigenvalue weighted by Gasteiger charge is 2.06. The number of ether oxygens (including phenoxy) is 1. The number of halogens is 1. The predicted molar refractivity (Wildman–Crippen MR) is 117 cm³/mol. The Bertz CT molecular complexity index is 301. The first-order chi connectivity index (χ1) is 9.99. The van der Waals surface area contributed by atoms with E-state index in [1.165, 1.54) is 7.11 Å². The second-order valence-corrected chi connectivity index (χ2v) is 5.40. The van der Waals surface area contributed by atoms with Gasteiger partial charge in [0.1, 0.15) is 0 Å². The van der Waals surface area contributed by atoms with E-state index in [0.717, 1.165) is 24.8 Å². The minimum Gasteiger partial charge on any atom is -0.466 e. The third-order valence-electron chi connectivity index (χ3n) is 1.42. The highest BCUT2D eigenvalue weighted by molar-refractivity contribution is 14.0. The van der Waals surface area contributed by atoms with Crippen LogP contribution in [0, 0.1) is 0 Å². The lowest BCUT2D eigenvalue weighted by molar-refractivity contribution is -0.136. The fourth-order valence-corrected chi connectivity index (χ4v) is 0.934. The lowest BCUT2D eigenvalue weighted by Gasteiger charge is -2.04. The van der Waals surface area contributed by atoms with Gasteiger partial charge in [0.25, 0.3) is 0 Å². The summed E-state index contributed by atoms with van der Waals surface area (Å²) in [5.41, 5.74) is 5.89. The van der Waals surface area contributed by atoms with Crippen molar-refractivity contribution in [2.75, 3.05) is 7.11 Å². The van der Waals surface area contributed by atoms with Crippen LogP contribution in [0.1, 0.15) is 60.8 Å². The Morgan fingerprint density at radius 2 is 1.54 bits per heavy atom. The number of nitrogens with two attached hydrogens (primary N) is 1. The number of rotatable bonds is 4. The molecule has 5 N–H and O–H groups in total. The second-order valence-electron chi connectivity index (χ2n) is 5.40. The van der Waals surface area contributed by atoms with E-state index in [0.29, 0.717) is 5.70 Å². The van der Waals surface area contributed by atoms with Crippen molar-refractivity contribution in [1.82, 2.24) is 0 Å². The first-order valence-corrected chi connectivity index (χ1v) is 7.40. The molecule has 0 aromatic carbocycles. The summed E-state index contributed by atoms with van der Waals surface area (Å²) in [5.74, 6) is -0.186. The Morgan fingerprint density at radius 3 is 1.71 bits per heavy atom. The van der Waals surface area contributed by atoms with Crippen molar-refractivity contribution in [3.8, 4) is 0 Å². The lowest BCUT2D eigenvalue weighted by Crippen LogP contribution is -2.10. The molecule has 0 aliphatic rings. The minimum absolute atomic E-state index is 0. The molecule has 6 heteroatoms. The van der Waals surface area contributed by atoms with Gasteiger partial charge in [-0.3, -0.25) is 0 Å². The molecule has 0 amide bonds. The van der Waals surface area contributed by atoms with Crippen molar-refractivity contribution in [1.29, 1.82) is 0 Å².